The lowest BCUT2D eigenvalue weighted by Crippen LogP contribution is -2.27. The monoisotopic (exact) mass is 351 g/mol. The summed E-state index contributed by atoms with van der Waals surface area (Å²) in [6.45, 7) is 1.54. The van der Waals surface area contributed by atoms with Crippen molar-refractivity contribution in [3.05, 3.63) is 65.7 Å². The van der Waals surface area contributed by atoms with Gasteiger partial charge < -0.3 is 16.4 Å². The fourth-order valence-corrected chi connectivity index (χ4v) is 3.47. The second-order valence-corrected chi connectivity index (χ2v) is 6.36. The summed E-state index contributed by atoms with van der Waals surface area (Å²) in [6.07, 6.45) is 1.42. The molecule has 6 nitrogen and oxygen atoms in total. The molecule has 4 rings (SSSR count). The van der Waals surface area contributed by atoms with E-state index in [1.54, 1.807) is 12.1 Å². The molecule has 2 aromatic carbocycles. The summed E-state index contributed by atoms with van der Waals surface area (Å²) in [6, 6.07) is 11.9. The molecule has 4 N–H and O–H groups in total. The molecule has 0 saturated carbocycles. The number of nitrogens with one attached hydrogen (secondary N) is 2. The number of primary amides is 1. The fourth-order valence-electron chi connectivity index (χ4n) is 3.47. The van der Waals surface area contributed by atoms with Crippen molar-refractivity contribution in [2.75, 3.05) is 18.4 Å². The summed E-state index contributed by atoms with van der Waals surface area (Å²) in [5, 5.41) is 7.56. The van der Waals surface area contributed by atoms with E-state index in [1.807, 2.05) is 18.2 Å². The number of nitrogens with zero attached hydrogens (tertiary/aromatic N) is 2. The third-order valence-electron chi connectivity index (χ3n) is 4.76. The van der Waals surface area contributed by atoms with Crippen LogP contribution < -0.4 is 16.4 Å². The van der Waals surface area contributed by atoms with Gasteiger partial charge in [-0.3, -0.25) is 4.79 Å². The van der Waals surface area contributed by atoms with Gasteiger partial charge in [-0.2, -0.15) is 0 Å². The van der Waals surface area contributed by atoms with Crippen LogP contribution in [0.25, 0.3) is 10.9 Å². The van der Waals surface area contributed by atoms with Crippen molar-refractivity contribution < 1.29 is 9.18 Å². The maximum Gasteiger partial charge on any atom is 0.250 e. The first kappa shape index (κ1) is 16.4. The van der Waals surface area contributed by atoms with Crippen molar-refractivity contribution in [1.29, 1.82) is 0 Å². The minimum absolute atomic E-state index is 0.0794. The fraction of sp³-hybridized carbons (Fsp3) is 0.211. The van der Waals surface area contributed by atoms with Crippen LogP contribution in [0.1, 0.15) is 21.8 Å². The highest BCUT2D eigenvalue weighted by Gasteiger charge is 2.29. The molecule has 7 heteroatoms. The van der Waals surface area contributed by atoms with Gasteiger partial charge in [0, 0.05) is 30.4 Å². The van der Waals surface area contributed by atoms with Gasteiger partial charge in [0.1, 0.15) is 18.0 Å². The number of hydrogen-bond donors (Lipinski definition) is 3. The first-order chi connectivity index (χ1) is 12.6. The maximum atomic E-state index is 13.2. The molecule has 0 aliphatic carbocycles. The van der Waals surface area contributed by atoms with Gasteiger partial charge in [-0.25, -0.2) is 14.4 Å². The van der Waals surface area contributed by atoms with E-state index in [-0.39, 0.29) is 17.8 Å². The van der Waals surface area contributed by atoms with Crippen LogP contribution in [0, 0.1) is 5.82 Å². The summed E-state index contributed by atoms with van der Waals surface area (Å²) in [5.74, 6) is 0.0656. The van der Waals surface area contributed by atoms with Crippen LogP contribution in [0.5, 0.6) is 0 Å². The summed E-state index contributed by atoms with van der Waals surface area (Å²) >= 11 is 0. The van der Waals surface area contributed by atoms with E-state index in [2.05, 4.69) is 20.6 Å². The van der Waals surface area contributed by atoms with Crippen LogP contribution in [-0.4, -0.2) is 35.0 Å². The third kappa shape index (κ3) is 2.97. The molecule has 132 valence electrons. The Labute approximate surface area is 149 Å². The van der Waals surface area contributed by atoms with E-state index in [9.17, 15) is 9.18 Å². The molecular formula is C19H18FN5O. The minimum atomic E-state index is -0.521. The van der Waals surface area contributed by atoms with Crippen LogP contribution in [0.2, 0.25) is 0 Å². The predicted molar refractivity (Wildman–Crippen MR) is 97.5 cm³/mol. The second-order valence-electron chi connectivity index (χ2n) is 6.36. The zero-order valence-corrected chi connectivity index (χ0v) is 13.9. The largest absolute Gasteiger partial charge is 0.366 e. The SMILES string of the molecule is NC(=O)c1cccc2c(NC3CNCC3c3ccc(F)cc3)ncnc12. The first-order valence-electron chi connectivity index (χ1n) is 8.40. The van der Waals surface area contributed by atoms with E-state index >= 15 is 0 Å². The molecule has 0 radical (unpaired) electrons. The molecule has 1 aliphatic rings. The topological polar surface area (TPSA) is 92.9 Å². The predicted octanol–water partition coefficient (Wildman–Crippen LogP) is 2.04. The number of amides is 1. The van der Waals surface area contributed by atoms with E-state index in [0.29, 0.717) is 16.9 Å². The van der Waals surface area contributed by atoms with Crippen molar-refractivity contribution in [3.63, 3.8) is 0 Å². The Morgan fingerprint density at radius 1 is 1.15 bits per heavy atom. The van der Waals surface area contributed by atoms with Gasteiger partial charge in [-0.05, 0) is 29.8 Å². The van der Waals surface area contributed by atoms with Crippen LogP contribution in [0.3, 0.4) is 0 Å². The Balaban J connectivity index is 1.67. The average Bonchev–Trinajstić information content (AvgIpc) is 3.10. The number of anilines is 1. The van der Waals surface area contributed by atoms with E-state index in [0.717, 1.165) is 24.0 Å². The quantitative estimate of drug-likeness (QED) is 0.669. The number of carbonyl (C=O) groups is 1. The summed E-state index contributed by atoms with van der Waals surface area (Å²) in [7, 11) is 0. The van der Waals surface area contributed by atoms with Gasteiger partial charge in [0.2, 0.25) is 0 Å². The number of fused-ring (bicyclic) bond motifs is 1. The van der Waals surface area contributed by atoms with Crippen LogP contribution >= 0.6 is 0 Å². The van der Waals surface area contributed by atoms with Crippen LogP contribution in [-0.2, 0) is 0 Å². The Morgan fingerprint density at radius 3 is 2.73 bits per heavy atom. The smallest absolute Gasteiger partial charge is 0.250 e. The molecule has 1 saturated heterocycles. The molecule has 0 bridgehead atoms. The Kier molecular flexibility index (Phi) is 4.22. The van der Waals surface area contributed by atoms with Crippen molar-refractivity contribution in [2.45, 2.75) is 12.0 Å². The number of carbonyl (C=O) groups excluding carboxylic acids is 1. The number of para-hydroxylation sites is 1. The van der Waals surface area contributed by atoms with E-state index in [1.165, 1.54) is 18.5 Å². The molecule has 2 unspecified atom stereocenters. The lowest BCUT2D eigenvalue weighted by molar-refractivity contribution is 0.100. The van der Waals surface area contributed by atoms with Crippen molar-refractivity contribution >= 4 is 22.6 Å². The zero-order chi connectivity index (χ0) is 18.1. The van der Waals surface area contributed by atoms with E-state index < -0.39 is 5.91 Å². The maximum absolute atomic E-state index is 13.2. The summed E-state index contributed by atoms with van der Waals surface area (Å²) in [5.41, 5.74) is 7.40. The number of rotatable bonds is 4. The van der Waals surface area contributed by atoms with Crippen LogP contribution in [0.4, 0.5) is 10.2 Å². The molecule has 3 aromatic rings. The average molecular weight is 351 g/mol. The standard InChI is InChI=1S/C19H18FN5O/c20-12-6-4-11(5-7-12)15-8-22-9-16(15)25-19-14-3-1-2-13(18(21)26)17(14)23-10-24-19/h1-7,10,15-16,22H,8-9H2,(H2,21,26)(H,23,24,25). The molecule has 1 aromatic heterocycles. The van der Waals surface area contributed by atoms with Crippen molar-refractivity contribution in [3.8, 4) is 0 Å². The van der Waals surface area contributed by atoms with Gasteiger partial charge in [-0.1, -0.05) is 18.2 Å². The molecule has 1 fully saturated rings. The summed E-state index contributed by atoms with van der Waals surface area (Å²) < 4.78 is 13.2. The molecule has 0 spiro atoms. The first-order valence-corrected chi connectivity index (χ1v) is 8.40. The second kappa shape index (κ2) is 6.68. The number of benzene rings is 2. The Bertz CT molecular complexity index is 960. The zero-order valence-electron chi connectivity index (χ0n) is 13.9. The highest BCUT2D eigenvalue weighted by Crippen LogP contribution is 2.28. The van der Waals surface area contributed by atoms with Crippen LogP contribution in [0.15, 0.2) is 48.8 Å². The van der Waals surface area contributed by atoms with Gasteiger partial charge in [0.05, 0.1) is 11.1 Å². The highest BCUT2D eigenvalue weighted by atomic mass is 19.1. The number of aromatic nitrogens is 2. The molecule has 26 heavy (non-hydrogen) atoms. The molecular weight excluding hydrogens is 333 g/mol. The molecule has 1 aliphatic heterocycles. The molecule has 2 heterocycles. The molecule has 2 atom stereocenters. The lowest BCUT2D eigenvalue weighted by atomic mass is 9.94. The van der Waals surface area contributed by atoms with Gasteiger partial charge in [0.25, 0.3) is 5.91 Å². The highest BCUT2D eigenvalue weighted by molar-refractivity contribution is 6.06. The minimum Gasteiger partial charge on any atom is -0.366 e. The Hall–Kier alpha value is -3.06. The third-order valence-corrected chi connectivity index (χ3v) is 4.76. The number of nitrogens with two attached hydrogens (primary N) is 1. The van der Waals surface area contributed by atoms with Gasteiger partial charge in [-0.15, -0.1) is 0 Å². The Morgan fingerprint density at radius 2 is 1.96 bits per heavy atom. The van der Waals surface area contributed by atoms with E-state index in [4.69, 9.17) is 5.73 Å². The normalized spacial score (nSPS) is 19.6. The number of halogens is 1. The van der Waals surface area contributed by atoms with Crippen molar-refractivity contribution in [2.24, 2.45) is 5.73 Å². The van der Waals surface area contributed by atoms with Gasteiger partial charge in [0.15, 0.2) is 0 Å². The lowest BCUT2D eigenvalue weighted by Gasteiger charge is -2.21. The molecule has 1 amide bonds. The van der Waals surface area contributed by atoms with Crippen molar-refractivity contribution in [1.82, 2.24) is 15.3 Å². The van der Waals surface area contributed by atoms with Gasteiger partial charge >= 0.3 is 0 Å². The summed E-state index contributed by atoms with van der Waals surface area (Å²) in [4.78, 5) is 20.2. The number of hydrogen-bond acceptors (Lipinski definition) is 5.